The smallest absolute Gasteiger partial charge is 0.276 e. The summed E-state index contributed by atoms with van der Waals surface area (Å²) in [4.78, 5) is 27.5. The molecule has 0 spiro atoms. The van der Waals surface area contributed by atoms with Gasteiger partial charge >= 0.3 is 0 Å². The first-order chi connectivity index (χ1) is 15.2. The molecule has 1 aliphatic carbocycles. The highest BCUT2D eigenvalue weighted by Gasteiger charge is 2.37. The molecule has 2 fully saturated rings. The van der Waals surface area contributed by atoms with Crippen LogP contribution in [0.5, 0.6) is 0 Å². The summed E-state index contributed by atoms with van der Waals surface area (Å²) >= 11 is 0. The zero-order valence-electron chi connectivity index (χ0n) is 17.2. The number of aromatic nitrogens is 3. The number of furan rings is 1. The van der Waals surface area contributed by atoms with E-state index in [0.29, 0.717) is 44.1 Å². The van der Waals surface area contributed by atoms with Crippen LogP contribution >= 0.6 is 0 Å². The third kappa shape index (κ3) is 4.10. The average molecular weight is 419 g/mol. The van der Waals surface area contributed by atoms with Gasteiger partial charge in [0.1, 0.15) is 5.76 Å². The molecule has 1 N–H and O–H groups in total. The van der Waals surface area contributed by atoms with Gasteiger partial charge in [0.05, 0.1) is 24.2 Å². The van der Waals surface area contributed by atoms with Crippen LogP contribution in [-0.2, 0) is 11.3 Å². The molecule has 160 valence electrons. The fraction of sp³-hybridized carbons (Fsp3) is 0.391. The van der Waals surface area contributed by atoms with Crippen molar-refractivity contribution < 1.29 is 14.0 Å². The third-order valence-electron chi connectivity index (χ3n) is 6.04. The molecule has 0 unspecified atom stereocenters. The SMILES string of the molecule is O=C(NCc1ccco1)C1CCN(C(=O)c2nnn(-c3ccccc3)c2C2CC2)CC1. The van der Waals surface area contributed by atoms with E-state index in [0.717, 1.165) is 30.0 Å². The first-order valence-electron chi connectivity index (χ1n) is 10.8. The van der Waals surface area contributed by atoms with Crippen molar-refractivity contribution >= 4 is 11.8 Å². The predicted molar refractivity (Wildman–Crippen MR) is 113 cm³/mol. The molecule has 2 amide bonds. The summed E-state index contributed by atoms with van der Waals surface area (Å²) in [5.74, 6) is 0.895. The highest BCUT2D eigenvalue weighted by molar-refractivity contribution is 5.94. The molecular weight excluding hydrogens is 394 g/mol. The van der Waals surface area contributed by atoms with Gasteiger partial charge in [0.2, 0.25) is 5.91 Å². The zero-order chi connectivity index (χ0) is 21.2. The van der Waals surface area contributed by atoms with Crippen molar-refractivity contribution in [3.8, 4) is 5.69 Å². The molecule has 0 atom stereocenters. The van der Waals surface area contributed by atoms with Gasteiger partial charge in [0.15, 0.2) is 5.69 Å². The number of likely N-dealkylation sites (tertiary alicyclic amines) is 1. The van der Waals surface area contributed by atoms with E-state index in [4.69, 9.17) is 4.42 Å². The van der Waals surface area contributed by atoms with Crippen molar-refractivity contribution in [3.05, 3.63) is 65.9 Å². The summed E-state index contributed by atoms with van der Waals surface area (Å²) in [6.45, 7) is 1.47. The summed E-state index contributed by atoms with van der Waals surface area (Å²) < 4.78 is 7.06. The van der Waals surface area contributed by atoms with Crippen LogP contribution in [0.25, 0.3) is 5.69 Å². The van der Waals surface area contributed by atoms with Crippen LogP contribution in [0.2, 0.25) is 0 Å². The van der Waals surface area contributed by atoms with Crippen molar-refractivity contribution in [2.45, 2.75) is 38.1 Å². The lowest BCUT2D eigenvalue weighted by molar-refractivity contribution is -0.126. The first-order valence-corrected chi connectivity index (χ1v) is 10.8. The van der Waals surface area contributed by atoms with Gasteiger partial charge in [-0.3, -0.25) is 9.59 Å². The van der Waals surface area contributed by atoms with Gasteiger partial charge in [-0.1, -0.05) is 23.4 Å². The van der Waals surface area contributed by atoms with E-state index in [2.05, 4.69) is 15.6 Å². The average Bonchev–Trinajstić information content (AvgIpc) is 3.34. The Morgan fingerprint density at radius 1 is 1.03 bits per heavy atom. The van der Waals surface area contributed by atoms with Crippen LogP contribution in [0.3, 0.4) is 0 Å². The van der Waals surface area contributed by atoms with Gasteiger partial charge < -0.3 is 14.6 Å². The van der Waals surface area contributed by atoms with E-state index in [1.54, 1.807) is 17.0 Å². The second kappa shape index (κ2) is 8.37. The van der Waals surface area contributed by atoms with E-state index in [9.17, 15) is 9.59 Å². The largest absolute Gasteiger partial charge is 0.467 e. The number of benzene rings is 1. The quantitative estimate of drug-likeness (QED) is 0.663. The lowest BCUT2D eigenvalue weighted by Crippen LogP contribution is -2.43. The maximum absolute atomic E-state index is 13.3. The van der Waals surface area contributed by atoms with Gasteiger partial charge in [-0.15, -0.1) is 5.10 Å². The Morgan fingerprint density at radius 3 is 2.48 bits per heavy atom. The van der Waals surface area contributed by atoms with Gasteiger partial charge in [0.25, 0.3) is 5.91 Å². The number of rotatable bonds is 6. The molecule has 3 heterocycles. The van der Waals surface area contributed by atoms with Gasteiger partial charge in [-0.25, -0.2) is 4.68 Å². The van der Waals surface area contributed by atoms with Gasteiger partial charge in [0, 0.05) is 24.9 Å². The minimum absolute atomic E-state index is 0.0113. The number of amides is 2. The van der Waals surface area contributed by atoms with Crippen molar-refractivity contribution in [2.75, 3.05) is 13.1 Å². The minimum atomic E-state index is -0.0954. The first kappa shape index (κ1) is 19.5. The predicted octanol–water partition coefficient (Wildman–Crippen LogP) is 2.91. The number of hydrogen-bond acceptors (Lipinski definition) is 5. The fourth-order valence-electron chi connectivity index (χ4n) is 4.15. The topological polar surface area (TPSA) is 93.3 Å². The van der Waals surface area contributed by atoms with Crippen molar-refractivity contribution in [1.82, 2.24) is 25.2 Å². The molecule has 5 rings (SSSR count). The summed E-state index contributed by atoms with van der Waals surface area (Å²) in [7, 11) is 0. The minimum Gasteiger partial charge on any atom is -0.467 e. The number of nitrogens with zero attached hydrogens (tertiary/aromatic N) is 4. The molecule has 1 aliphatic heterocycles. The molecule has 0 bridgehead atoms. The molecule has 2 aromatic heterocycles. The van der Waals surface area contributed by atoms with Crippen LogP contribution in [0, 0.1) is 5.92 Å². The number of hydrogen-bond donors (Lipinski definition) is 1. The Morgan fingerprint density at radius 2 is 1.81 bits per heavy atom. The Balaban J connectivity index is 1.24. The van der Waals surface area contributed by atoms with Crippen LogP contribution in [0.4, 0.5) is 0 Å². The van der Waals surface area contributed by atoms with Crippen molar-refractivity contribution in [2.24, 2.45) is 5.92 Å². The monoisotopic (exact) mass is 419 g/mol. The molecule has 1 saturated carbocycles. The molecular formula is C23H25N5O3. The maximum atomic E-state index is 13.3. The fourth-order valence-corrected chi connectivity index (χ4v) is 4.15. The Hall–Kier alpha value is -3.42. The number of piperidine rings is 1. The van der Waals surface area contributed by atoms with E-state index >= 15 is 0 Å². The van der Waals surface area contributed by atoms with Crippen molar-refractivity contribution in [1.29, 1.82) is 0 Å². The van der Waals surface area contributed by atoms with E-state index in [1.165, 1.54) is 0 Å². The summed E-state index contributed by atoms with van der Waals surface area (Å²) in [5, 5.41) is 11.5. The molecule has 1 saturated heterocycles. The molecule has 8 nitrogen and oxygen atoms in total. The third-order valence-corrected chi connectivity index (χ3v) is 6.04. The van der Waals surface area contributed by atoms with E-state index in [-0.39, 0.29) is 17.7 Å². The molecule has 8 heteroatoms. The summed E-state index contributed by atoms with van der Waals surface area (Å²) in [6, 6.07) is 13.5. The molecule has 1 aromatic carbocycles. The number of carbonyl (C=O) groups is 2. The van der Waals surface area contributed by atoms with Gasteiger partial charge in [-0.05, 0) is 49.9 Å². The Kier molecular flexibility index (Phi) is 5.28. The highest BCUT2D eigenvalue weighted by atomic mass is 16.3. The second-order valence-electron chi connectivity index (χ2n) is 8.21. The van der Waals surface area contributed by atoms with Crippen LogP contribution in [0.1, 0.15) is 53.5 Å². The highest BCUT2D eigenvalue weighted by Crippen LogP contribution is 2.42. The standard InChI is InChI=1S/C23H25N5O3/c29-22(24-15-19-7-4-14-31-19)17-10-12-27(13-11-17)23(30)20-21(16-8-9-16)28(26-25-20)18-5-2-1-3-6-18/h1-7,14,16-17H,8-13,15H2,(H,24,29). The Bertz CT molecular complexity index is 1050. The van der Waals surface area contributed by atoms with Crippen LogP contribution < -0.4 is 5.32 Å². The number of para-hydroxylation sites is 1. The second-order valence-corrected chi connectivity index (χ2v) is 8.21. The molecule has 31 heavy (non-hydrogen) atoms. The van der Waals surface area contributed by atoms with E-state index in [1.807, 2.05) is 41.3 Å². The normalized spacial score (nSPS) is 17.0. The summed E-state index contributed by atoms with van der Waals surface area (Å²) in [6.07, 6.45) is 4.98. The lowest BCUT2D eigenvalue weighted by Gasteiger charge is -2.31. The maximum Gasteiger partial charge on any atom is 0.276 e. The number of carbonyl (C=O) groups excluding carboxylic acids is 2. The van der Waals surface area contributed by atoms with Crippen LogP contribution in [-0.4, -0.2) is 44.8 Å². The Labute approximate surface area is 180 Å². The molecule has 3 aromatic rings. The molecule has 2 aliphatic rings. The summed E-state index contributed by atoms with van der Waals surface area (Å²) in [5.41, 5.74) is 2.28. The van der Waals surface area contributed by atoms with Crippen molar-refractivity contribution in [3.63, 3.8) is 0 Å². The lowest BCUT2D eigenvalue weighted by atomic mass is 9.95. The number of nitrogens with one attached hydrogen (secondary N) is 1. The van der Waals surface area contributed by atoms with Crippen LogP contribution in [0.15, 0.2) is 53.1 Å². The molecule has 0 radical (unpaired) electrons. The zero-order valence-corrected chi connectivity index (χ0v) is 17.2. The van der Waals surface area contributed by atoms with Gasteiger partial charge in [-0.2, -0.15) is 0 Å². The van der Waals surface area contributed by atoms with E-state index < -0.39 is 0 Å².